The summed E-state index contributed by atoms with van der Waals surface area (Å²) in [4.78, 5) is 2.41. The van der Waals surface area contributed by atoms with E-state index < -0.39 is 5.41 Å². The first-order chi connectivity index (χ1) is 33.1. The lowest BCUT2D eigenvalue weighted by molar-refractivity contribution is 0.572. The van der Waals surface area contributed by atoms with Crippen LogP contribution >= 0.6 is 0 Å². The van der Waals surface area contributed by atoms with Gasteiger partial charge in [-0.1, -0.05) is 188 Å². The second-order valence-electron chi connectivity index (χ2n) is 17.6. The first-order valence-electron chi connectivity index (χ1n) is 23.2. The van der Waals surface area contributed by atoms with Crippen molar-refractivity contribution in [2.75, 3.05) is 4.90 Å². The van der Waals surface area contributed by atoms with Gasteiger partial charge in [0.2, 0.25) is 0 Å². The Morgan fingerprint density at radius 3 is 1.87 bits per heavy atom. The predicted molar refractivity (Wildman–Crippen MR) is 280 cm³/mol. The maximum absolute atomic E-state index is 6.62. The van der Waals surface area contributed by atoms with E-state index in [0.29, 0.717) is 0 Å². The summed E-state index contributed by atoms with van der Waals surface area (Å²) in [6.45, 7) is 7.38. The van der Waals surface area contributed by atoms with Gasteiger partial charge in [0, 0.05) is 50.3 Å². The van der Waals surface area contributed by atoms with Crippen LogP contribution in [-0.4, -0.2) is 10.6 Å². The molecule has 0 amide bonds. The molecule has 0 N–H and O–H groups in total. The average molecular weight is 861 g/mol. The van der Waals surface area contributed by atoms with Crippen LogP contribution in [0.15, 0.2) is 242 Å². The second kappa shape index (κ2) is 16.5. The Bertz CT molecular complexity index is 3710. The highest BCUT2D eigenvalue weighted by atomic mass is 16.3. The number of benzene rings is 9. The van der Waals surface area contributed by atoms with E-state index in [1.807, 2.05) is 18.2 Å². The normalized spacial score (nSPS) is 13.8. The molecule has 67 heavy (non-hydrogen) atoms. The van der Waals surface area contributed by atoms with Gasteiger partial charge in [0.05, 0.1) is 11.5 Å². The second-order valence-corrected chi connectivity index (χ2v) is 17.6. The van der Waals surface area contributed by atoms with E-state index in [-0.39, 0.29) is 6.04 Å². The number of furan rings is 1. The van der Waals surface area contributed by atoms with Crippen molar-refractivity contribution in [3.8, 4) is 22.3 Å². The number of aromatic nitrogens is 1. The van der Waals surface area contributed by atoms with Crippen LogP contribution in [0.1, 0.15) is 34.7 Å². The van der Waals surface area contributed by atoms with E-state index in [4.69, 9.17) is 4.42 Å². The smallest absolute Gasteiger partial charge is 0.135 e. The molecule has 0 saturated carbocycles. The number of anilines is 2. The average Bonchev–Trinajstić information content (AvgIpc) is 4.02. The SMILES string of the molecule is C=CC(/C=c1/oc2ccccc2/c1=C/C)N(c1ccc(-c2ccc3c(c2)c2ccccc2n3Cc2ccccc2)cc1)c1ccc2c(c1)C(c1ccccc1)(c1ccccc1)c1ccccc1-2. The fourth-order valence-corrected chi connectivity index (χ4v) is 11.0. The molecular formula is C64H48N2O. The minimum atomic E-state index is -0.542. The maximum Gasteiger partial charge on any atom is 0.135 e. The van der Waals surface area contributed by atoms with E-state index in [1.165, 1.54) is 66.3 Å². The third-order valence-corrected chi connectivity index (χ3v) is 14.0. The number of para-hydroxylation sites is 2. The summed E-state index contributed by atoms with van der Waals surface area (Å²) in [5, 5.41) is 4.69. The Morgan fingerprint density at radius 2 is 1.13 bits per heavy atom. The molecule has 2 heterocycles. The van der Waals surface area contributed by atoms with Crippen LogP contribution in [0.3, 0.4) is 0 Å². The zero-order valence-corrected chi connectivity index (χ0v) is 37.4. The Hall–Kier alpha value is -8.40. The van der Waals surface area contributed by atoms with Gasteiger partial charge in [0.25, 0.3) is 0 Å². The van der Waals surface area contributed by atoms with Crippen molar-refractivity contribution in [3.05, 3.63) is 276 Å². The van der Waals surface area contributed by atoms with Crippen LogP contribution < -0.4 is 15.5 Å². The molecule has 1 atom stereocenters. The van der Waals surface area contributed by atoms with Crippen LogP contribution in [0.25, 0.3) is 67.2 Å². The number of hydrogen-bond acceptors (Lipinski definition) is 2. The Kier molecular flexibility index (Phi) is 9.91. The molecule has 0 bridgehead atoms. The lowest BCUT2D eigenvalue weighted by Gasteiger charge is -2.35. The van der Waals surface area contributed by atoms with Gasteiger partial charge in [-0.15, -0.1) is 6.58 Å². The first-order valence-corrected chi connectivity index (χ1v) is 23.2. The zero-order chi connectivity index (χ0) is 44.9. The van der Waals surface area contributed by atoms with Gasteiger partial charge < -0.3 is 13.9 Å². The van der Waals surface area contributed by atoms with Gasteiger partial charge in [-0.2, -0.15) is 0 Å². The van der Waals surface area contributed by atoms with Crippen molar-refractivity contribution in [3.63, 3.8) is 0 Å². The molecule has 0 aliphatic heterocycles. The van der Waals surface area contributed by atoms with Gasteiger partial charge in [-0.3, -0.25) is 0 Å². The standard InChI is InChI=1S/C64H48N2O/c1-3-49(42-63-52(4-2)56-28-16-19-31-62(56)67-63)66(51-37-38-54-53-26-14-17-29-58(53)64(59(54)41-51,47-22-10-6-11-23-47)48-24-12-7-13-25-48)50-35-32-45(33-36-50)46-34-39-61-57(40-46)55-27-15-18-30-60(55)65(61)43-44-20-8-5-9-21-44/h3-42,49H,1,43H2,2H3/b52-4-,63-42+. The molecule has 12 rings (SSSR count). The molecule has 3 nitrogen and oxygen atoms in total. The maximum atomic E-state index is 6.62. The minimum absolute atomic E-state index is 0.276. The summed E-state index contributed by atoms with van der Waals surface area (Å²) >= 11 is 0. The summed E-state index contributed by atoms with van der Waals surface area (Å²) in [5.41, 5.74) is 16.8. The van der Waals surface area contributed by atoms with Crippen LogP contribution in [0, 0.1) is 0 Å². The highest BCUT2D eigenvalue weighted by Crippen LogP contribution is 2.57. The molecule has 0 spiro atoms. The number of fused-ring (bicyclic) bond motifs is 7. The van der Waals surface area contributed by atoms with E-state index in [9.17, 15) is 0 Å². The monoisotopic (exact) mass is 860 g/mol. The highest BCUT2D eigenvalue weighted by Gasteiger charge is 2.46. The van der Waals surface area contributed by atoms with Gasteiger partial charge >= 0.3 is 0 Å². The highest BCUT2D eigenvalue weighted by molar-refractivity contribution is 6.09. The van der Waals surface area contributed by atoms with Gasteiger partial charge in [0.15, 0.2) is 0 Å². The summed E-state index contributed by atoms with van der Waals surface area (Å²) < 4.78 is 9.07. The van der Waals surface area contributed by atoms with E-state index in [1.54, 1.807) is 0 Å². The van der Waals surface area contributed by atoms with Crippen LogP contribution in [0.2, 0.25) is 0 Å². The van der Waals surface area contributed by atoms with Crippen molar-refractivity contribution in [1.82, 2.24) is 4.57 Å². The third-order valence-electron chi connectivity index (χ3n) is 14.0. The number of rotatable bonds is 10. The molecule has 11 aromatic rings. The number of nitrogens with zero attached hydrogens (tertiary/aromatic N) is 2. The Labute approximate surface area is 391 Å². The summed E-state index contributed by atoms with van der Waals surface area (Å²) in [5.74, 6) is 0. The molecule has 3 heteroatoms. The largest absolute Gasteiger partial charge is 0.456 e. The molecular weight excluding hydrogens is 813 g/mol. The molecule has 2 aromatic heterocycles. The predicted octanol–water partition coefficient (Wildman–Crippen LogP) is 14.6. The molecule has 320 valence electrons. The van der Waals surface area contributed by atoms with Gasteiger partial charge in [0.1, 0.15) is 11.0 Å². The van der Waals surface area contributed by atoms with E-state index >= 15 is 0 Å². The first kappa shape index (κ1) is 40.1. The fourth-order valence-electron chi connectivity index (χ4n) is 11.0. The van der Waals surface area contributed by atoms with Crippen LogP contribution in [0.4, 0.5) is 11.4 Å². The molecule has 1 aliphatic carbocycles. The summed E-state index contributed by atoms with van der Waals surface area (Å²) in [6.07, 6.45) is 6.40. The van der Waals surface area contributed by atoms with Crippen molar-refractivity contribution >= 4 is 56.3 Å². The lowest BCUT2D eigenvalue weighted by atomic mass is 9.67. The van der Waals surface area contributed by atoms with Crippen LogP contribution in [0.5, 0.6) is 0 Å². The van der Waals surface area contributed by atoms with E-state index in [2.05, 4.69) is 247 Å². The van der Waals surface area contributed by atoms with Crippen molar-refractivity contribution < 1.29 is 4.42 Å². The number of hydrogen-bond donors (Lipinski definition) is 0. The molecule has 1 unspecified atom stereocenters. The van der Waals surface area contributed by atoms with Gasteiger partial charge in [-0.05, 0) is 112 Å². The Balaban J connectivity index is 1.03. The van der Waals surface area contributed by atoms with Crippen molar-refractivity contribution in [2.24, 2.45) is 0 Å². The van der Waals surface area contributed by atoms with Crippen molar-refractivity contribution in [1.29, 1.82) is 0 Å². The third kappa shape index (κ3) is 6.57. The zero-order valence-electron chi connectivity index (χ0n) is 37.4. The summed E-state index contributed by atoms with van der Waals surface area (Å²) in [7, 11) is 0. The summed E-state index contributed by atoms with van der Waals surface area (Å²) in [6, 6.07) is 81.5. The quantitative estimate of drug-likeness (QED) is 0.128. The van der Waals surface area contributed by atoms with Crippen molar-refractivity contribution in [2.45, 2.75) is 24.9 Å². The topological polar surface area (TPSA) is 21.3 Å². The van der Waals surface area contributed by atoms with Gasteiger partial charge in [-0.25, -0.2) is 0 Å². The lowest BCUT2D eigenvalue weighted by Crippen LogP contribution is -2.32. The van der Waals surface area contributed by atoms with E-state index in [0.717, 1.165) is 45.1 Å². The fraction of sp³-hybridized carbons (Fsp3) is 0.0625. The molecule has 0 saturated heterocycles. The molecule has 0 fully saturated rings. The molecule has 0 radical (unpaired) electrons. The minimum Gasteiger partial charge on any atom is -0.456 e. The molecule has 9 aromatic carbocycles. The Morgan fingerprint density at radius 1 is 0.537 bits per heavy atom. The van der Waals surface area contributed by atoms with Crippen LogP contribution in [-0.2, 0) is 12.0 Å². The molecule has 1 aliphatic rings.